The fraction of sp³-hybridized carbons (Fsp3) is 0.222. The summed E-state index contributed by atoms with van der Waals surface area (Å²) < 4.78 is 6.93. The summed E-state index contributed by atoms with van der Waals surface area (Å²) >= 11 is 0. The van der Waals surface area contributed by atoms with E-state index in [9.17, 15) is 9.90 Å². The number of fused-ring (bicyclic) bond motifs is 1. The van der Waals surface area contributed by atoms with Gasteiger partial charge in [0.25, 0.3) is 5.91 Å². The highest BCUT2D eigenvalue weighted by Crippen LogP contribution is 2.20. The lowest BCUT2D eigenvalue weighted by molar-refractivity contribution is 0.0852. The van der Waals surface area contributed by atoms with Gasteiger partial charge in [-0.1, -0.05) is 12.1 Å². The van der Waals surface area contributed by atoms with E-state index in [0.29, 0.717) is 16.8 Å². The van der Waals surface area contributed by atoms with Gasteiger partial charge in [0.15, 0.2) is 0 Å². The number of methoxy groups -OCH3 is 1. The molecule has 0 aliphatic heterocycles. The molecule has 2 atom stereocenters. The predicted molar refractivity (Wildman–Crippen MR) is 90.1 cm³/mol. The van der Waals surface area contributed by atoms with Crippen LogP contribution in [0.25, 0.3) is 5.65 Å². The van der Waals surface area contributed by atoms with Crippen molar-refractivity contribution in [3.8, 4) is 5.75 Å². The van der Waals surface area contributed by atoms with Crippen molar-refractivity contribution in [1.82, 2.24) is 14.7 Å². The first-order valence-electron chi connectivity index (χ1n) is 7.64. The Kier molecular flexibility index (Phi) is 4.48. The number of nitrogens with zero attached hydrogens (tertiary/aromatic N) is 2. The number of amides is 1. The third-order valence-electron chi connectivity index (χ3n) is 3.95. The minimum atomic E-state index is -0.810. The summed E-state index contributed by atoms with van der Waals surface area (Å²) in [4.78, 5) is 16.5. The molecule has 0 saturated heterocycles. The lowest BCUT2D eigenvalue weighted by Gasteiger charge is -2.21. The summed E-state index contributed by atoms with van der Waals surface area (Å²) in [5.74, 6) is 0.469. The van der Waals surface area contributed by atoms with Crippen LogP contribution in [0, 0.1) is 0 Å². The van der Waals surface area contributed by atoms with E-state index < -0.39 is 12.1 Å². The maximum Gasteiger partial charge on any atom is 0.251 e. The molecule has 2 aromatic heterocycles. The Morgan fingerprint density at radius 1 is 1.25 bits per heavy atom. The molecular formula is C18H19N3O3. The van der Waals surface area contributed by atoms with Gasteiger partial charge in [-0.2, -0.15) is 0 Å². The molecule has 0 saturated carbocycles. The highest BCUT2D eigenvalue weighted by atomic mass is 16.5. The van der Waals surface area contributed by atoms with Gasteiger partial charge in [-0.25, -0.2) is 4.98 Å². The van der Waals surface area contributed by atoms with Crippen molar-refractivity contribution in [1.29, 1.82) is 0 Å². The number of hydrogen-bond acceptors (Lipinski definition) is 4. The van der Waals surface area contributed by atoms with E-state index in [-0.39, 0.29) is 5.91 Å². The second-order valence-corrected chi connectivity index (χ2v) is 5.59. The summed E-state index contributed by atoms with van der Waals surface area (Å²) in [5, 5.41) is 13.2. The first-order valence-corrected chi connectivity index (χ1v) is 7.64. The average molecular weight is 325 g/mol. The van der Waals surface area contributed by atoms with Gasteiger partial charge < -0.3 is 19.6 Å². The second-order valence-electron chi connectivity index (χ2n) is 5.59. The molecule has 0 bridgehead atoms. The Hall–Kier alpha value is -2.86. The molecule has 1 aromatic carbocycles. The van der Waals surface area contributed by atoms with Crippen molar-refractivity contribution in [3.05, 3.63) is 66.1 Å². The number of aromatic nitrogens is 2. The number of carbonyl (C=O) groups excluding carboxylic acids is 1. The molecule has 2 N–H and O–H groups in total. The normalized spacial score (nSPS) is 13.5. The topological polar surface area (TPSA) is 75.9 Å². The van der Waals surface area contributed by atoms with Crippen LogP contribution in [0.1, 0.15) is 28.9 Å². The van der Waals surface area contributed by atoms with Crippen LogP contribution in [0.15, 0.2) is 55.0 Å². The first kappa shape index (κ1) is 16.0. The summed E-state index contributed by atoms with van der Waals surface area (Å²) in [7, 11) is 1.59. The molecule has 0 aliphatic carbocycles. The summed E-state index contributed by atoms with van der Waals surface area (Å²) in [6, 6.07) is 10.1. The number of nitrogens with one attached hydrogen (secondary N) is 1. The van der Waals surface area contributed by atoms with Gasteiger partial charge in [-0.05, 0) is 36.8 Å². The average Bonchev–Trinajstić information content (AvgIpc) is 3.08. The predicted octanol–water partition coefficient (Wildman–Crippen LogP) is 2.19. The van der Waals surface area contributed by atoms with Crippen molar-refractivity contribution in [2.45, 2.75) is 19.1 Å². The van der Waals surface area contributed by atoms with Gasteiger partial charge in [0.05, 0.1) is 19.3 Å². The molecule has 6 nitrogen and oxygen atoms in total. The molecular weight excluding hydrogens is 306 g/mol. The Morgan fingerprint density at radius 3 is 2.71 bits per heavy atom. The molecule has 0 spiro atoms. The summed E-state index contributed by atoms with van der Waals surface area (Å²) in [6.45, 7) is 1.76. The standard InChI is InChI=1S/C18H19N3O3/c1-12(17(22)13-3-5-15(24-2)6-4-13)20-18(23)14-7-9-21-10-8-19-16(21)11-14/h3-12,17,22H,1-2H3,(H,20,23). The van der Waals surface area contributed by atoms with Gasteiger partial charge in [0, 0.05) is 24.2 Å². The van der Waals surface area contributed by atoms with Gasteiger partial charge >= 0.3 is 0 Å². The number of pyridine rings is 1. The Morgan fingerprint density at radius 2 is 2.00 bits per heavy atom. The third kappa shape index (κ3) is 3.23. The van der Waals surface area contributed by atoms with Crippen LogP contribution in [0.2, 0.25) is 0 Å². The monoisotopic (exact) mass is 325 g/mol. The number of benzene rings is 1. The van der Waals surface area contributed by atoms with Crippen LogP contribution >= 0.6 is 0 Å². The molecule has 0 aliphatic rings. The molecule has 124 valence electrons. The maximum absolute atomic E-state index is 12.4. The lowest BCUT2D eigenvalue weighted by atomic mass is 10.0. The van der Waals surface area contributed by atoms with Crippen molar-refractivity contribution in [2.24, 2.45) is 0 Å². The van der Waals surface area contributed by atoms with E-state index in [2.05, 4.69) is 10.3 Å². The Balaban J connectivity index is 1.70. The molecule has 6 heteroatoms. The first-order chi connectivity index (χ1) is 11.6. The van der Waals surface area contributed by atoms with Crippen molar-refractivity contribution >= 4 is 11.6 Å². The number of rotatable bonds is 5. The van der Waals surface area contributed by atoms with Crippen LogP contribution in [-0.4, -0.2) is 33.6 Å². The molecule has 0 fully saturated rings. The molecule has 3 rings (SSSR count). The molecule has 24 heavy (non-hydrogen) atoms. The molecule has 2 unspecified atom stereocenters. The third-order valence-corrected chi connectivity index (χ3v) is 3.95. The van der Waals surface area contributed by atoms with E-state index in [4.69, 9.17) is 4.74 Å². The largest absolute Gasteiger partial charge is 0.497 e. The SMILES string of the molecule is COc1ccc(C(O)C(C)NC(=O)c2ccn3ccnc3c2)cc1. The highest BCUT2D eigenvalue weighted by Gasteiger charge is 2.19. The number of imidazole rings is 1. The zero-order chi connectivity index (χ0) is 17.1. The zero-order valence-corrected chi connectivity index (χ0v) is 13.5. The molecule has 1 amide bonds. The van der Waals surface area contributed by atoms with Crippen molar-refractivity contribution in [2.75, 3.05) is 7.11 Å². The lowest BCUT2D eigenvalue weighted by Crippen LogP contribution is -2.37. The van der Waals surface area contributed by atoms with Gasteiger partial charge in [-0.15, -0.1) is 0 Å². The van der Waals surface area contributed by atoms with E-state index >= 15 is 0 Å². The second kappa shape index (κ2) is 6.72. The van der Waals surface area contributed by atoms with Crippen LogP contribution in [-0.2, 0) is 0 Å². The fourth-order valence-corrected chi connectivity index (χ4v) is 2.51. The molecule has 2 heterocycles. The van der Waals surface area contributed by atoms with Crippen molar-refractivity contribution < 1.29 is 14.6 Å². The molecule has 0 radical (unpaired) electrons. The van der Waals surface area contributed by atoms with Crippen LogP contribution in [0.3, 0.4) is 0 Å². The van der Waals surface area contributed by atoms with Crippen molar-refractivity contribution in [3.63, 3.8) is 0 Å². The van der Waals surface area contributed by atoms with E-state index in [0.717, 1.165) is 5.75 Å². The zero-order valence-electron chi connectivity index (χ0n) is 13.5. The smallest absolute Gasteiger partial charge is 0.251 e. The number of aliphatic hydroxyl groups excluding tert-OH is 1. The minimum Gasteiger partial charge on any atom is -0.497 e. The minimum absolute atomic E-state index is 0.249. The number of ether oxygens (including phenoxy) is 1. The van der Waals surface area contributed by atoms with Crippen LogP contribution in [0.4, 0.5) is 0 Å². The van der Waals surface area contributed by atoms with Crippen LogP contribution in [0.5, 0.6) is 5.75 Å². The van der Waals surface area contributed by atoms with Gasteiger partial charge in [0.2, 0.25) is 0 Å². The van der Waals surface area contributed by atoms with E-state index in [1.807, 2.05) is 10.6 Å². The Bertz CT molecular complexity index is 842. The summed E-state index contributed by atoms with van der Waals surface area (Å²) in [5.41, 5.74) is 1.92. The van der Waals surface area contributed by atoms with E-state index in [1.54, 1.807) is 62.8 Å². The fourth-order valence-electron chi connectivity index (χ4n) is 2.51. The van der Waals surface area contributed by atoms with Crippen LogP contribution < -0.4 is 10.1 Å². The maximum atomic E-state index is 12.4. The van der Waals surface area contributed by atoms with E-state index in [1.165, 1.54) is 0 Å². The van der Waals surface area contributed by atoms with Gasteiger partial charge in [-0.3, -0.25) is 4.79 Å². The Labute approximate surface area is 139 Å². The quantitative estimate of drug-likeness (QED) is 0.754. The number of aliphatic hydroxyl groups is 1. The number of carbonyl (C=O) groups is 1. The number of hydrogen-bond donors (Lipinski definition) is 2. The highest BCUT2D eigenvalue weighted by molar-refractivity contribution is 5.95. The molecule has 3 aromatic rings. The van der Waals surface area contributed by atoms with Gasteiger partial charge in [0.1, 0.15) is 11.4 Å². The summed E-state index contributed by atoms with van der Waals surface area (Å²) in [6.07, 6.45) is 4.46.